The molecule has 0 fully saturated rings. The standard InChI is InChI=1S/C28H23N3O5/c1-5-16-11-13-22(24(33)20(16)6-2)27-30-25(17-7-9-18(10-8-17)28(34)36-4)29-26(31-27)21-14-12-19(35-3)15-23(21)32/h5-15,32-33H,1-2H2,3-4H3. The molecule has 0 aliphatic carbocycles. The Bertz CT molecular complexity index is 1480. The third-order valence-electron chi connectivity index (χ3n) is 5.56. The maximum absolute atomic E-state index is 11.8. The Morgan fingerprint density at radius 3 is 2.06 bits per heavy atom. The second-order valence-corrected chi connectivity index (χ2v) is 7.63. The van der Waals surface area contributed by atoms with E-state index in [0.717, 1.165) is 0 Å². The Morgan fingerprint density at radius 2 is 1.47 bits per heavy atom. The second-order valence-electron chi connectivity index (χ2n) is 7.63. The third kappa shape index (κ3) is 4.52. The summed E-state index contributed by atoms with van der Waals surface area (Å²) in [5.41, 5.74) is 2.84. The number of benzene rings is 3. The van der Waals surface area contributed by atoms with Crippen LogP contribution in [0.1, 0.15) is 21.5 Å². The fourth-order valence-corrected chi connectivity index (χ4v) is 3.64. The van der Waals surface area contributed by atoms with E-state index in [1.165, 1.54) is 26.4 Å². The highest BCUT2D eigenvalue weighted by atomic mass is 16.5. The Kier molecular flexibility index (Phi) is 6.78. The molecule has 8 nitrogen and oxygen atoms in total. The van der Waals surface area contributed by atoms with E-state index < -0.39 is 5.97 Å². The van der Waals surface area contributed by atoms with Crippen molar-refractivity contribution in [2.75, 3.05) is 14.2 Å². The number of hydrogen-bond donors (Lipinski definition) is 2. The van der Waals surface area contributed by atoms with Gasteiger partial charge in [0.1, 0.15) is 17.2 Å². The maximum Gasteiger partial charge on any atom is 0.337 e. The van der Waals surface area contributed by atoms with Crippen molar-refractivity contribution < 1.29 is 24.5 Å². The van der Waals surface area contributed by atoms with E-state index in [9.17, 15) is 15.0 Å². The molecule has 8 heteroatoms. The lowest BCUT2D eigenvalue weighted by molar-refractivity contribution is 0.0600. The van der Waals surface area contributed by atoms with Crippen LogP contribution in [-0.4, -0.2) is 45.4 Å². The number of phenols is 2. The molecule has 0 aliphatic heterocycles. The summed E-state index contributed by atoms with van der Waals surface area (Å²) in [7, 11) is 2.81. The number of aromatic hydroxyl groups is 2. The van der Waals surface area contributed by atoms with Crippen LogP contribution in [0.4, 0.5) is 0 Å². The van der Waals surface area contributed by atoms with Crippen LogP contribution in [0, 0.1) is 0 Å². The first-order chi connectivity index (χ1) is 17.4. The van der Waals surface area contributed by atoms with E-state index in [1.54, 1.807) is 54.6 Å². The lowest BCUT2D eigenvalue weighted by atomic mass is 10.0. The molecule has 0 radical (unpaired) electrons. The van der Waals surface area contributed by atoms with Crippen LogP contribution < -0.4 is 4.74 Å². The molecule has 4 aromatic rings. The van der Waals surface area contributed by atoms with Gasteiger partial charge in [0.05, 0.1) is 30.9 Å². The van der Waals surface area contributed by atoms with Gasteiger partial charge in [0, 0.05) is 17.2 Å². The van der Waals surface area contributed by atoms with Gasteiger partial charge in [-0.15, -0.1) is 0 Å². The zero-order valence-electron chi connectivity index (χ0n) is 19.7. The second kappa shape index (κ2) is 10.1. The minimum atomic E-state index is -0.467. The average Bonchev–Trinajstić information content (AvgIpc) is 2.91. The molecule has 0 amide bonds. The first-order valence-electron chi connectivity index (χ1n) is 10.8. The van der Waals surface area contributed by atoms with E-state index in [0.29, 0.717) is 39.1 Å². The SMILES string of the molecule is C=Cc1ccc(-c2nc(-c3ccc(C(=O)OC)cc3)nc(-c3ccc(OC)cc3O)n2)c(O)c1C=C. The number of phenolic OH excluding ortho intramolecular Hbond substituents is 2. The normalized spacial score (nSPS) is 10.5. The summed E-state index contributed by atoms with van der Waals surface area (Å²) in [5.74, 6) is 0.484. The summed E-state index contributed by atoms with van der Waals surface area (Å²) < 4.78 is 9.93. The number of ether oxygens (including phenoxy) is 2. The molecule has 4 rings (SSSR count). The first-order valence-corrected chi connectivity index (χ1v) is 10.8. The summed E-state index contributed by atoms with van der Waals surface area (Å²) in [6.07, 6.45) is 3.14. The third-order valence-corrected chi connectivity index (χ3v) is 5.56. The van der Waals surface area contributed by atoms with Crippen molar-refractivity contribution in [3.63, 3.8) is 0 Å². The van der Waals surface area contributed by atoms with E-state index in [-0.39, 0.29) is 29.0 Å². The van der Waals surface area contributed by atoms with E-state index >= 15 is 0 Å². The molecule has 0 saturated carbocycles. The first kappa shape index (κ1) is 24.2. The van der Waals surface area contributed by atoms with Crippen molar-refractivity contribution in [1.29, 1.82) is 0 Å². The zero-order valence-corrected chi connectivity index (χ0v) is 19.7. The molecular formula is C28H23N3O5. The molecule has 1 heterocycles. The van der Waals surface area contributed by atoms with Crippen LogP contribution >= 0.6 is 0 Å². The van der Waals surface area contributed by atoms with Crippen LogP contribution in [0.3, 0.4) is 0 Å². The van der Waals surface area contributed by atoms with E-state index in [4.69, 9.17) is 9.47 Å². The van der Waals surface area contributed by atoms with Crippen LogP contribution in [0.25, 0.3) is 46.3 Å². The fourth-order valence-electron chi connectivity index (χ4n) is 3.64. The van der Waals surface area contributed by atoms with Gasteiger partial charge in [0.2, 0.25) is 0 Å². The van der Waals surface area contributed by atoms with Crippen molar-refractivity contribution in [3.05, 3.63) is 84.4 Å². The van der Waals surface area contributed by atoms with E-state index in [1.807, 2.05) is 0 Å². The molecule has 1 aromatic heterocycles. The van der Waals surface area contributed by atoms with Crippen molar-refractivity contribution in [2.45, 2.75) is 0 Å². The van der Waals surface area contributed by atoms with Gasteiger partial charge in [-0.3, -0.25) is 0 Å². The summed E-state index contributed by atoms with van der Waals surface area (Å²) in [5, 5.41) is 21.6. The Labute approximate surface area is 207 Å². The minimum absolute atomic E-state index is 0.0644. The van der Waals surface area contributed by atoms with Crippen LogP contribution in [0.15, 0.2) is 67.8 Å². The Hall–Kier alpha value is -4.98. The van der Waals surface area contributed by atoms with Crippen molar-refractivity contribution in [1.82, 2.24) is 15.0 Å². The lowest BCUT2D eigenvalue weighted by Gasteiger charge is -2.13. The van der Waals surface area contributed by atoms with Gasteiger partial charge < -0.3 is 19.7 Å². The number of aromatic nitrogens is 3. The molecular weight excluding hydrogens is 458 g/mol. The molecule has 0 saturated heterocycles. The Balaban J connectivity index is 1.94. The predicted molar refractivity (Wildman–Crippen MR) is 138 cm³/mol. The van der Waals surface area contributed by atoms with Gasteiger partial charge in [-0.1, -0.05) is 43.5 Å². The van der Waals surface area contributed by atoms with Crippen molar-refractivity contribution >= 4 is 18.1 Å². The zero-order chi connectivity index (χ0) is 25.8. The summed E-state index contributed by atoms with van der Waals surface area (Å²) in [6, 6.07) is 14.8. The number of carbonyl (C=O) groups is 1. The number of methoxy groups -OCH3 is 2. The number of carbonyl (C=O) groups excluding carboxylic acids is 1. The summed E-state index contributed by atoms with van der Waals surface area (Å²) in [6.45, 7) is 7.55. The highest BCUT2D eigenvalue weighted by molar-refractivity contribution is 5.90. The average molecular weight is 482 g/mol. The van der Waals surface area contributed by atoms with Gasteiger partial charge in [0.25, 0.3) is 0 Å². The molecule has 0 bridgehead atoms. The predicted octanol–water partition coefficient (Wildman–Crippen LogP) is 5.37. The van der Waals surface area contributed by atoms with Crippen LogP contribution in [-0.2, 0) is 4.74 Å². The maximum atomic E-state index is 11.8. The Morgan fingerprint density at radius 1 is 0.833 bits per heavy atom. The van der Waals surface area contributed by atoms with E-state index in [2.05, 4.69) is 28.1 Å². The minimum Gasteiger partial charge on any atom is -0.507 e. The van der Waals surface area contributed by atoms with Gasteiger partial charge >= 0.3 is 5.97 Å². The lowest BCUT2D eigenvalue weighted by Crippen LogP contribution is -2.03. The molecule has 3 aromatic carbocycles. The number of rotatable bonds is 7. The molecule has 180 valence electrons. The summed E-state index contributed by atoms with van der Waals surface area (Å²) in [4.78, 5) is 25.5. The topological polar surface area (TPSA) is 115 Å². The molecule has 0 unspecified atom stereocenters. The van der Waals surface area contributed by atoms with Gasteiger partial charge in [-0.05, 0) is 35.9 Å². The largest absolute Gasteiger partial charge is 0.507 e. The van der Waals surface area contributed by atoms with Gasteiger partial charge in [0.15, 0.2) is 17.5 Å². The fraction of sp³-hybridized carbons (Fsp3) is 0.0714. The number of nitrogens with zero attached hydrogens (tertiary/aromatic N) is 3. The van der Waals surface area contributed by atoms with Crippen molar-refractivity contribution in [2.24, 2.45) is 0 Å². The molecule has 0 atom stereocenters. The summed E-state index contributed by atoms with van der Waals surface area (Å²) >= 11 is 0. The smallest absolute Gasteiger partial charge is 0.337 e. The number of hydrogen-bond acceptors (Lipinski definition) is 8. The highest BCUT2D eigenvalue weighted by Crippen LogP contribution is 2.37. The van der Waals surface area contributed by atoms with Crippen LogP contribution in [0.5, 0.6) is 17.2 Å². The van der Waals surface area contributed by atoms with Gasteiger partial charge in [-0.25, -0.2) is 19.7 Å². The highest BCUT2D eigenvalue weighted by Gasteiger charge is 2.19. The monoisotopic (exact) mass is 481 g/mol. The number of esters is 1. The van der Waals surface area contributed by atoms with Crippen LogP contribution in [0.2, 0.25) is 0 Å². The quantitative estimate of drug-likeness (QED) is 0.339. The van der Waals surface area contributed by atoms with Crippen molar-refractivity contribution in [3.8, 4) is 51.4 Å². The van der Waals surface area contributed by atoms with Gasteiger partial charge in [-0.2, -0.15) is 0 Å². The molecule has 36 heavy (non-hydrogen) atoms. The molecule has 2 N–H and O–H groups in total. The molecule has 0 aliphatic rings. The molecule has 0 spiro atoms.